The van der Waals surface area contributed by atoms with Crippen molar-refractivity contribution in [3.05, 3.63) is 0 Å². The van der Waals surface area contributed by atoms with Crippen LogP contribution >= 0.6 is 0 Å². The third-order valence-corrected chi connectivity index (χ3v) is 1.63. The van der Waals surface area contributed by atoms with Crippen LogP contribution in [0.3, 0.4) is 0 Å². The van der Waals surface area contributed by atoms with Gasteiger partial charge < -0.3 is 9.47 Å². The maximum atomic E-state index is 10.9. The average Bonchev–Trinajstić information content (AvgIpc) is 1.99. The van der Waals surface area contributed by atoms with Crippen molar-refractivity contribution in [3.8, 4) is 0 Å². The minimum absolute atomic E-state index is 0.172. The van der Waals surface area contributed by atoms with E-state index in [9.17, 15) is 9.59 Å². The molecule has 0 aromatic heterocycles. The van der Waals surface area contributed by atoms with Crippen molar-refractivity contribution in [2.45, 2.75) is 32.3 Å². The third-order valence-electron chi connectivity index (χ3n) is 1.63. The van der Waals surface area contributed by atoms with E-state index >= 15 is 0 Å². The van der Waals surface area contributed by atoms with Crippen LogP contribution in [0.5, 0.6) is 0 Å². The van der Waals surface area contributed by atoms with Crippen molar-refractivity contribution in [1.82, 2.24) is 0 Å². The summed E-state index contributed by atoms with van der Waals surface area (Å²) in [6, 6.07) is 0. The van der Waals surface area contributed by atoms with Crippen molar-refractivity contribution in [2.24, 2.45) is 0 Å². The second kappa shape index (κ2) is 4.09. The number of carbonyl (C=O) groups excluding carboxylic acids is 2. The molecule has 4 nitrogen and oxygen atoms in total. The Bertz CT molecular complexity index is 179. The van der Waals surface area contributed by atoms with Crippen LogP contribution in [0.15, 0.2) is 0 Å². The number of hydrogen-bond acceptors (Lipinski definition) is 4. The minimum Gasteiger partial charge on any atom is -0.463 e. The lowest BCUT2D eigenvalue weighted by Gasteiger charge is -2.23. The first-order valence-corrected chi connectivity index (χ1v) is 4.10. The highest BCUT2D eigenvalue weighted by atomic mass is 16.6. The zero-order chi connectivity index (χ0) is 8.97. The molecule has 1 aliphatic heterocycles. The van der Waals surface area contributed by atoms with Gasteiger partial charge in [0, 0.05) is 0 Å². The molecule has 0 aromatic rings. The largest absolute Gasteiger partial charge is 0.463 e. The lowest BCUT2D eigenvalue weighted by atomic mass is 10.2. The van der Waals surface area contributed by atoms with Gasteiger partial charge in [-0.05, 0) is 6.42 Å². The van der Waals surface area contributed by atoms with Gasteiger partial charge in [-0.3, -0.25) is 4.79 Å². The minimum atomic E-state index is -0.630. The van der Waals surface area contributed by atoms with Crippen molar-refractivity contribution in [3.63, 3.8) is 0 Å². The van der Waals surface area contributed by atoms with E-state index in [0.29, 0.717) is 6.61 Å². The molecule has 0 radical (unpaired) electrons. The van der Waals surface area contributed by atoms with Crippen molar-refractivity contribution in [2.75, 3.05) is 6.61 Å². The second-order valence-electron chi connectivity index (χ2n) is 2.70. The number of hydrogen-bond donors (Lipinski definition) is 0. The summed E-state index contributed by atoms with van der Waals surface area (Å²) < 4.78 is 9.34. The fourth-order valence-corrected chi connectivity index (χ4v) is 0.842. The molecule has 0 bridgehead atoms. The molecule has 1 rings (SSSR count). The number of unbranched alkanes of at least 4 members (excludes halogenated alkanes) is 1. The number of rotatable bonds is 4. The van der Waals surface area contributed by atoms with Gasteiger partial charge in [-0.15, -0.1) is 0 Å². The third kappa shape index (κ3) is 2.22. The number of carbonyl (C=O) groups is 2. The predicted molar refractivity (Wildman–Crippen MR) is 40.4 cm³/mol. The summed E-state index contributed by atoms with van der Waals surface area (Å²) >= 11 is 0. The maximum Gasteiger partial charge on any atom is 0.348 e. The second-order valence-corrected chi connectivity index (χ2v) is 2.70. The highest BCUT2D eigenvalue weighted by molar-refractivity contribution is 5.89. The number of cyclic esters (lactones) is 1. The summed E-state index contributed by atoms with van der Waals surface area (Å²) in [7, 11) is 0. The predicted octanol–water partition coefficient (Wildman–Crippen LogP) is 0.645. The van der Waals surface area contributed by atoms with E-state index in [4.69, 9.17) is 4.74 Å². The molecule has 68 valence electrons. The van der Waals surface area contributed by atoms with Crippen molar-refractivity contribution < 1.29 is 19.1 Å². The van der Waals surface area contributed by atoms with Gasteiger partial charge in [0.25, 0.3) is 0 Å². The quantitative estimate of drug-likeness (QED) is 0.461. The Morgan fingerprint density at radius 3 is 2.92 bits per heavy atom. The lowest BCUT2D eigenvalue weighted by Crippen LogP contribution is -2.40. The molecule has 0 aromatic carbocycles. The van der Waals surface area contributed by atoms with E-state index in [1.165, 1.54) is 0 Å². The Hall–Kier alpha value is -1.06. The molecule has 1 saturated heterocycles. The highest BCUT2D eigenvalue weighted by Gasteiger charge is 2.36. The monoisotopic (exact) mass is 172 g/mol. The molecule has 0 amide bonds. The van der Waals surface area contributed by atoms with Crippen LogP contribution in [0, 0.1) is 0 Å². The first-order valence-electron chi connectivity index (χ1n) is 4.10. The zero-order valence-electron chi connectivity index (χ0n) is 7.04. The topological polar surface area (TPSA) is 52.6 Å². The van der Waals surface area contributed by atoms with E-state index in [2.05, 4.69) is 4.74 Å². The molecular weight excluding hydrogens is 160 g/mol. The first kappa shape index (κ1) is 9.03. The van der Waals surface area contributed by atoms with Crippen molar-refractivity contribution >= 4 is 11.9 Å². The normalized spacial score (nSPS) is 21.1. The zero-order valence-corrected chi connectivity index (χ0v) is 7.04. The molecule has 1 unspecified atom stereocenters. The molecule has 1 atom stereocenters. The standard InChI is InChI=1S/C8H12O4/c1-2-3-4-11-8(10)6-5-7(9)12-6/h6H,2-5H2,1H3. The van der Waals surface area contributed by atoms with Gasteiger partial charge in [-0.1, -0.05) is 13.3 Å². The Balaban J connectivity index is 2.08. The number of ether oxygens (including phenoxy) is 2. The first-order chi connectivity index (χ1) is 5.74. The summed E-state index contributed by atoms with van der Waals surface area (Å²) in [6.45, 7) is 2.43. The van der Waals surface area contributed by atoms with Crippen LogP contribution in [-0.2, 0) is 19.1 Å². The maximum absolute atomic E-state index is 10.9. The molecule has 0 aliphatic carbocycles. The number of esters is 2. The highest BCUT2D eigenvalue weighted by Crippen LogP contribution is 2.14. The van der Waals surface area contributed by atoms with Crippen LogP contribution in [0.2, 0.25) is 0 Å². The van der Waals surface area contributed by atoms with Gasteiger partial charge in [0.05, 0.1) is 13.0 Å². The van der Waals surface area contributed by atoms with Gasteiger partial charge >= 0.3 is 11.9 Å². The fraction of sp³-hybridized carbons (Fsp3) is 0.750. The molecule has 0 N–H and O–H groups in total. The molecule has 12 heavy (non-hydrogen) atoms. The van der Waals surface area contributed by atoms with Crippen LogP contribution in [0.25, 0.3) is 0 Å². The van der Waals surface area contributed by atoms with E-state index < -0.39 is 12.1 Å². The molecule has 1 fully saturated rings. The van der Waals surface area contributed by atoms with Gasteiger partial charge in [-0.25, -0.2) is 4.79 Å². The van der Waals surface area contributed by atoms with Crippen LogP contribution in [0.4, 0.5) is 0 Å². The Morgan fingerprint density at radius 2 is 2.42 bits per heavy atom. The lowest BCUT2D eigenvalue weighted by molar-refractivity contribution is -0.185. The summed E-state index contributed by atoms with van der Waals surface area (Å²) in [6.07, 6.45) is 1.38. The summed E-state index contributed by atoms with van der Waals surface area (Å²) in [5.41, 5.74) is 0. The van der Waals surface area contributed by atoms with Gasteiger partial charge in [0.2, 0.25) is 6.10 Å². The Morgan fingerprint density at radius 1 is 1.75 bits per heavy atom. The molecule has 1 aliphatic rings. The summed E-state index contributed by atoms with van der Waals surface area (Å²) in [5.74, 6) is -0.740. The van der Waals surface area contributed by atoms with E-state index in [0.717, 1.165) is 12.8 Å². The van der Waals surface area contributed by atoms with Gasteiger partial charge in [0.15, 0.2) is 0 Å². The molecule has 1 heterocycles. The van der Waals surface area contributed by atoms with Gasteiger partial charge in [-0.2, -0.15) is 0 Å². The molecule has 0 spiro atoms. The molecular formula is C8H12O4. The Labute approximate surface area is 70.8 Å². The van der Waals surface area contributed by atoms with Gasteiger partial charge in [0.1, 0.15) is 0 Å². The molecule has 4 heteroatoms. The summed E-state index contributed by atoms with van der Waals surface area (Å²) in [4.78, 5) is 21.3. The average molecular weight is 172 g/mol. The molecule has 0 saturated carbocycles. The van der Waals surface area contributed by atoms with E-state index in [1.54, 1.807) is 0 Å². The SMILES string of the molecule is CCCCOC(=O)C1CC(=O)O1. The van der Waals surface area contributed by atoms with Crippen molar-refractivity contribution in [1.29, 1.82) is 0 Å². The van der Waals surface area contributed by atoms with Crippen LogP contribution in [-0.4, -0.2) is 24.6 Å². The summed E-state index contributed by atoms with van der Waals surface area (Å²) in [5, 5.41) is 0. The Kier molecular flexibility index (Phi) is 3.08. The smallest absolute Gasteiger partial charge is 0.348 e. The van der Waals surface area contributed by atoms with E-state index in [1.807, 2.05) is 6.92 Å². The van der Waals surface area contributed by atoms with E-state index in [-0.39, 0.29) is 12.4 Å². The van der Waals surface area contributed by atoms with Crippen LogP contribution < -0.4 is 0 Å². The fourth-order valence-electron chi connectivity index (χ4n) is 0.842. The van der Waals surface area contributed by atoms with Crippen LogP contribution in [0.1, 0.15) is 26.2 Å².